The summed E-state index contributed by atoms with van der Waals surface area (Å²) in [4.78, 5) is 12.3. The normalized spacial score (nSPS) is 10.1. The Morgan fingerprint density at radius 3 is 2.62 bits per heavy atom. The zero-order valence-corrected chi connectivity index (χ0v) is 12.5. The molecule has 0 unspecified atom stereocenters. The zero-order chi connectivity index (χ0) is 15.4. The second-order valence-corrected chi connectivity index (χ2v) is 4.88. The van der Waals surface area contributed by atoms with Gasteiger partial charge in [0.15, 0.2) is 0 Å². The van der Waals surface area contributed by atoms with Crippen molar-refractivity contribution >= 4 is 28.9 Å². The van der Waals surface area contributed by atoms with Gasteiger partial charge in [0, 0.05) is 17.3 Å². The molecule has 2 rings (SSSR count). The van der Waals surface area contributed by atoms with Gasteiger partial charge in [-0.3, -0.25) is 10.6 Å². The van der Waals surface area contributed by atoms with Crippen molar-refractivity contribution < 1.29 is 9.53 Å². The van der Waals surface area contributed by atoms with Gasteiger partial charge in [-0.25, -0.2) is 0 Å². The molecule has 5 nitrogen and oxygen atoms in total. The Hall–Kier alpha value is -2.24. The zero-order valence-electron chi connectivity index (χ0n) is 11.7. The third kappa shape index (κ3) is 3.45. The third-order valence-electron chi connectivity index (χ3n) is 3.06. The van der Waals surface area contributed by atoms with Crippen LogP contribution in [0.2, 0.25) is 5.02 Å². The number of hydrogen-bond donors (Lipinski definition) is 3. The van der Waals surface area contributed by atoms with Crippen LogP contribution in [0.15, 0.2) is 36.4 Å². The Kier molecular flexibility index (Phi) is 4.67. The van der Waals surface area contributed by atoms with Crippen molar-refractivity contribution in [3.63, 3.8) is 0 Å². The van der Waals surface area contributed by atoms with Gasteiger partial charge >= 0.3 is 0 Å². The molecule has 110 valence electrons. The minimum absolute atomic E-state index is 0.244. The standard InChI is InChI=1S/C15H16ClN3O2/c1-9-7-10(19-17)3-5-12(9)15(20)18-14-8-11(21-2)4-6-13(14)16/h3-8,19H,17H2,1-2H3,(H,18,20). The number of nitrogens with two attached hydrogens (primary N) is 1. The minimum atomic E-state index is -0.244. The van der Waals surface area contributed by atoms with Gasteiger partial charge < -0.3 is 15.5 Å². The molecule has 6 heteroatoms. The summed E-state index contributed by atoms with van der Waals surface area (Å²) in [7, 11) is 1.55. The number of carbonyl (C=O) groups excluding carboxylic acids is 1. The lowest BCUT2D eigenvalue weighted by Crippen LogP contribution is -2.14. The largest absolute Gasteiger partial charge is 0.497 e. The van der Waals surface area contributed by atoms with E-state index in [0.717, 1.165) is 11.3 Å². The van der Waals surface area contributed by atoms with E-state index in [0.29, 0.717) is 22.0 Å². The van der Waals surface area contributed by atoms with E-state index in [1.165, 1.54) is 0 Å². The van der Waals surface area contributed by atoms with E-state index in [2.05, 4.69) is 10.7 Å². The molecule has 0 heterocycles. The molecule has 0 fully saturated rings. The first kappa shape index (κ1) is 15.2. The van der Waals surface area contributed by atoms with Crippen molar-refractivity contribution in [1.82, 2.24) is 0 Å². The number of amides is 1. The maximum absolute atomic E-state index is 12.3. The Labute approximate surface area is 128 Å². The Balaban J connectivity index is 2.26. The highest BCUT2D eigenvalue weighted by Crippen LogP contribution is 2.27. The van der Waals surface area contributed by atoms with Crippen LogP contribution in [0.25, 0.3) is 0 Å². The molecule has 2 aromatic carbocycles. The van der Waals surface area contributed by atoms with Crippen molar-refractivity contribution in [2.24, 2.45) is 5.84 Å². The molecule has 0 aliphatic carbocycles. The first-order chi connectivity index (χ1) is 10.0. The molecule has 0 saturated heterocycles. The van der Waals surface area contributed by atoms with Crippen LogP contribution >= 0.6 is 11.6 Å². The van der Waals surface area contributed by atoms with E-state index in [1.54, 1.807) is 43.5 Å². The van der Waals surface area contributed by atoms with Crippen LogP contribution in [-0.4, -0.2) is 13.0 Å². The fourth-order valence-corrected chi connectivity index (χ4v) is 2.09. The summed E-state index contributed by atoms with van der Waals surface area (Å²) in [5.74, 6) is 5.71. The summed E-state index contributed by atoms with van der Waals surface area (Å²) in [6.45, 7) is 1.84. The van der Waals surface area contributed by atoms with E-state index in [9.17, 15) is 4.79 Å². The predicted octanol–water partition coefficient (Wildman–Crippen LogP) is 3.19. The summed E-state index contributed by atoms with van der Waals surface area (Å²) in [5.41, 5.74) is 5.14. The van der Waals surface area contributed by atoms with Crippen LogP contribution in [0, 0.1) is 6.92 Å². The van der Waals surface area contributed by atoms with Crippen LogP contribution in [-0.2, 0) is 0 Å². The fraction of sp³-hybridized carbons (Fsp3) is 0.133. The predicted molar refractivity (Wildman–Crippen MR) is 84.9 cm³/mol. The number of anilines is 2. The SMILES string of the molecule is COc1ccc(Cl)c(NC(=O)c2ccc(NN)cc2C)c1. The highest BCUT2D eigenvalue weighted by molar-refractivity contribution is 6.34. The van der Waals surface area contributed by atoms with E-state index in [1.807, 2.05) is 6.92 Å². The molecule has 0 atom stereocenters. The number of ether oxygens (including phenoxy) is 1. The number of aryl methyl sites for hydroxylation is 1. The lowest BCUT2D eigenvalue weighted by molar-refractivity contribution is 0.102. The minimum Gasteiger partial charge on any atom is -0.497 e. The van der Waals surface area contributed by atoms with Crippen LogP contribution in [0.1, 0.15) is 15.9 Å². The number of hydrazine groups is 1. The monoisotopic (exact) mass is 305 g/mol. The maximum atomic E-state index is 12.3. The molecule has 0 aliphatic heterocycles. The highest BCUT2D eigenvalue weighted by Gasteiger charge is 2.12. The molecule has 1 amide bonds. The third-order valence-corrected chi connectivity index (χ3v) is 3.39. The number of hydrogen-bond acceptors (Lipinski definition) is 4. The van der Waals surface area contributed by atoms with Gasteiger partial charge in [-0.2, -0.15) is 0 Å². The molecule has 2 aromatic rings. The number of halogens is 1. The fourth-order valence-electron chi connectivity index (χ4n) is 1.93. The van der Waals surface area contributed by atoms with Crippen molar-refractivity contribution in [3.8, 4) is 5.75 Å². The summed E-state index contributed by atoms with van der Waals surface area (Å²) < 4.78 is 5.12. The van der Waals surface area contributed by atoms with Gasteiger partial charge in [-0.05, 0) is 42.8 Å². The lowest BCUT2D eigenvalue weighted by Gasteiger charge is -2.11. The molecular weight excluding hydrogens is 290 g/mol. The van der Waals surface area contributed by atoms with Crippen LogP contribution in [0.5, 0.6) is 5.75 Å². The van der Waals surface area contributed by atoms with Gasteiger partial charge in [0.1, 0.15) is 5.75 Å². The van der Waals surface area contributed by atoms with Crippen molar-refractivity contribution in [2.75, 3.05) is 17.9 Å². The van der Waals surface area contributed by atoms with Gasteiger partial charge in [0.05, 0.1) is 17.8 Å². The Bertz CT molecular complexity index is 674. The smallest absolute Gasteiger partial charge is 0.255 e. The molecule has 0 saturated carbocycles. The molecule has 0 aromatic heterocycles. The number of rotatable bonds is 4. The number of nitrogen functional groups attached to an aromatic ring is 1. The highest BCUT2D eigenvalue weighted by atomic mass is 35.5. The van der Waals surface area contributed by atoms with E-state index < -0.39 is 0 Å². The molecule has 4 N–H and O–H groups in total. The molecule has 21 heavy (non-hydrogen) atoms. The average Bonchev–Trinajstić information content (AvgIpc) is 2.49. The van der Waals surface area contributed by atoms with Gasteiger partial charge in [0.2, 0.25) is 0 Å². The average molecular weight is 306 g/mol. The molecule has 0 radical (unpaired) electrons. The second kappa shape index (κ2) is 6.47. The van der Waals surface area contributed by atoms with Crippen molar-refractivity contribution in [2.45, 2.75) is 6.92 Å². The first-order valence-electron chi connectivity index (χ1n) is 6.27. The lowest BCUT2D eigenvalue weighted by atomic mass is 10.1. The molecule has 0 spiro atoms. The van der Waals surface area contributed by atoms with Gasteiger partial charge in [0.25, 0.3) is 5.91 Å². The summed E-state index contributed by atoms with van der Waals surface area (Å²) in [5, 5.41) is 3.22. The summed E-state index contributed by atoms with van der Waals surface area (Å²) in [6.07, 6.45) is 0. The Morgan fingerprint density at radius 1 is 1.24 bits per heavy atom. The number of methoxy groups -OCH3 is 1. The summed E-state index contributed by atoms with van der Waals surface area (Å²) >= 11 is 6.08. The van der Waals surface area contributed by atoms with Crippen LogP contribution < -0.4 is 21.3 Å². The number of carbonyl (C=O) groups is 1. The molecular formula is C15H16ClN3O2. The maximum Gasteiger partial charge on any atom is 0.255 e. The van der Waals surface area contributed by atoms with E-state index in [-0.39, 0.29) is 5.91 Å². The van der Waals surface area contributed by atoms with Crippen molar-refractivity contribution in [3.05, 3.63) is 52.5 Å². The first-order valence-corrected chi connectivity index (χ1v) is 6.65. The van der Waals surface area contributed by atoms with Gasteiger partial charge in [-0.1, -0.05) is 11.6 Å². The number of nitrogens with one attached hydrogen (secondary N) is 2. The summed E-state index contributed by atoms with van der Waals surface area (Å²) in [6, 6.07) is 10.3. The topological polar surface area (TPSA) is 76.4 Å². The molecule has 0 aliphatic rings. The van der Waals surface area contributed by atoms with E-state index >= 15 is 0 Å². The number of benzene rings is 2. The Morgan fingerprint density at radius 2 is 2.00 bits per heavy atom. The quantitative estimate of drug-likeness (QED) is 0.599. The van der Waals surface area contributed by atoms with Gasteiger partial charge in [-0.15, -0.1) is 0 Å². The second-order valence-electron chi connectivity index (χ2n) is 4.47. The van der Waals surface area contributed by atoms with E-state index in [4.69, 9.17) is 22.2 Å². The molecule has 0 bridgehead atoms. The van der Waals surface area contributed by atoms with Crippen molar-refractivity contribution in [1.29, 1.82) is 0 Å². The van der Waals surface area contributed by atoms with Crippen LogP contribution in [0.3, 0.4) is 0 Å². The van der Waals surface area contributed by atoms with Crippen LogP contribution in [0.4, 0.5) is 11.4 Å².